The highest BCUT2D eigenvalue weighted by atomic mass is 32.2. The molecular weight excluding hydrogens is 404 g/mol. The summed E-state index contributed by atoms with van der Waals surface area (Å²) < 4.78 is 21.7. The largest absolute Gasteiger partial charge is 0.497 e. The van der Waals surface area contributed by atoms with Gasteiger partial charge in [0.2, 0.25) is 0 Å². The lowest BCUT2D eigenvalue weighted by atomic mass is 9.85. The molecule has 6 nitrogen and oxygen atoms in total. The van der Waals surface area contributed by atoms with E-state index in [1.54, 1.807) is 26.0 Å². The van der Waals surface area contributed by atoms with Crippen LogP contribution in [0, 0.1) is 0 Å². The van der Waals surface area contributed by atoms with E-state index in [9.17, 15) is 9.59 Å². The van der Waals surface area contributed by atoms with E-state index in [2.05, 4.69) is 0 Å². The summed E-state index contributed by atoms with van der Waals surface area (Å²) in [6, 6.07) is 15.7. The summed E-state index contributed by atoms with van der Waals surface area (Å²) in [5.74, 6) is 1.22. The standard InChI is InChI=1S/C23H26O6S/c1-14(24)28-20-13-30-23(22(20)29-15(2)25)21(16-5-9-18(26-3)10-6-16)17-7-11-19(27-4)12-8-17/h5-12,20-23H,13H2,1-4H3/t20-,22+,23-/m1/s1. The van der Waals surface area contributed by atoms with E-state index < -0.39 is 18.2 Å². The van der Waals surface area contributed by atoms with Gasteiger partial charge >= 0.3 is 11.9 Å². The molecule has 0 aliphatic carbocycles. The first-order valence-electron chi connectivity index (χ1n) is 9.67. The second kappa shape index (κ2) is 9.89. The molecule has 0 radical (unpaired) electrons. The van der Waals surface area contributed by atoms with Gasteiger partial charge < -0.3 is 18.9 Å². The number of ether oxygens (including phenoxy) is 4. The molecule has 1 heterocycles. The number of esters is 2. The average Bonchev–Trinajstić information content (AvgIpc) is 3.10. The Morgan fingerprint density at radius 2 is 1.30 bits per heavy atom. The van der Waals surface area contributed by atoms with Gasteiger partial charge in [0.05, 0.1) is 19.5 Å². The van der Waals surface area contributed by atoms with E-state index in [-0.39, 0.29) is 17.1 Å². The maximum absolute atomic E-state index is 11.8. The van der Waals surface area contributed by atoms with Crippen molar-refractivity contribution < 1.29 is 28.5 Å². The molecule has 3 atom stereocenters. The predicted molar refractivity (Wildman–Crippen MR) is 115 cm³/mol. The van der Waals surface area contributed by atoms with Crippen LogP contribution in [0.4, 0.5) is 0 Å². The molecule has 1 saturated heterocycles. The molecule has 160 valence electrons. The average molecular weight is 431 g/mol. The Balaban J connectivity index is 2.02. The summed E-state index contributed by atoms with van der Waals surface area (Å²) in [6.07, 6.45) is -1.04. The van der Waals surface area contributed by atoms with Gasteiger partial charge in [-0.1, -0.05) is 24.3 Å². The maximum atomic E-state index is 11.8. The van der Waals surface area contributed by atoms with Crippen molar-refractivity contribution in [1.82, 2.24) is 0 Å². The predicted octanol–water partition coefficient (Wildman–Crippen LogP) is 3.81. The Labute approximate surface area is 180 Å². The van der Waals surface area contributed by atoms with Crippen LogP contribution in [0.15, 0.2) is 48.5 Å². The third-order valence-corrected chi connectivity index (χ3v) is 6.49. The van der Waals surface area contributed by atoms with Crippen molar-refractivity contribution >= 4 is 23.7 Å². The smallest absolute Gasteiger partial charge is 0.303 e. The monoisotopic (exact) mass is 430 g/mol. The van der Waals surface area contributed by atoms with E-state index in [0.717, 1.165) is 22.6 Å². The minimum atomic E-state index is -0.550. The normalized spacial score (nSPS) is 20.6. The van der Waals surface area contributed by atoms with Crippen molar-refractivity contribution in [3.8, 4) is 11.5 Å². The minimum absolute atomic E-state index is 0.0864. The fraction of sp³-hybridized carbons (Fsp3) is 0.391. The van der Waals surface area contributed by atoms with Crippen molar-refractivity contribution in [2.75, 3.05) is 20.0 Å². The molecule has 0 unspecified atom stereocenters. The minimum Gasteiger partial charge on any atom is -0.497 e. The van der Waals surface area contributed by atoms with Gasteiger partial charge in [0, 0.05) is 25.5 Å². The molecule has 30 heavy (non-hydrogen) atoms. The molecule has 0 N–H and O–H groups in total. The summed E-state index contributed by atoms with van der Waals surface area (Å²) in [5.41, 5.74) is 2.11. The second-order valence-corrected chi connectivity index (χ2v) is 8.25. The molecule has 2 aromatic carbocycles. The Hall–Kier alpha value is -2.67. The molecule has 0 aromatic heterocycles. The lowest BCUT2D eigenvalue weighted by molar-refractivity contribution is -0.162. The quantitative estimate of drug-likeness (QED) is 0.619. The number of hydrogen-bond acceptors (Lipinski definition) is 7. The van der Waals surface area contributed by atoms with Crippen LogP contribution in [-0.2, 0) is 19.1 Å². The van der Waals surface area contributed by atoms with E-state index in [1.807, 2.05) is 48.5 Å². The van der Waals surface area contributed by atoms with E-state index in [4.69, 9.17) is 18.9 Å². The highest BCUT2D eigenvalue weighted by Gasteiger charge is 2.46. The molecular formula is C23H26O6S. The van der Waals surface area contributed by atoms with E-state index in [0.29, 0.717) is 5.75 Å². The molecule has 1 aliphatic rings. The van der Waals surface area contributed by atoms with Crippen LogP contribution in [0.3, 0.4) is 0 Å². The zero-order valence-corrected chi connectivity index (χ0v) is 18.3. The molecule has 1 aliphatic heterocycles. The number of rotatable bonds is 7. The molecule has 0 spiro atoms. The summed E-state index contributed by atoms with van der Waals surface area (Å²) >= 11 is 1.64. The number of hydrogen-bond donors (Lipinski definition) is 0. The third kappa shape index (κ3) is 5.08. The number of methoxy groups -OCH3 is 2. The first kappa shape index (κ1) is 22.0. The van der Waals surface area contributed by atoms with Crippen LogP contribution in [0.5, 0.6) is 11.5 Å². The van der Waals surface area contributed by atoms with Crippen LogP contribution in [0.25, 0.3) is 0 Å². The van der Waals surface area contributed by atoms with Gasteiger partial charge in [-0.05, 0) is 35.4 Å². The Bertz CT molecular complexity index is 817. The third-order valence-electron chi connectivity index (χ3n) is 5.04. The van der Waals surface area contributed by atoms with Crippen LogP contribution in [-0.4, -0.2) is 49.4 Å². The van der Waals surface area contributed by atoms with Crippen LogP contribution in [0.2, 0.25) is 0 Å². The summed E-state index contributed by atoms with van der Waals surface area (Å²) in [6.45, 7) is 2.74. The Morgan fingerprint density at radius 1 is 0.833 bits per heavy atom. The number of carbonyl (C=O) groups is 2. The van der Waals surface area contributed by atoms with E-state index in [1.165, 1.54) is 13.8 Å². The van der Waals surface area contributed by atoms with Crippen molar-refractivity contribution in [2.24, 2.45) is 0 Å². The lowest BCUT2D eigenvalue weighted by Crippen LogP contribution is -2.39. The molecule has 0 saturated carbocycles. The van der Waals surface area contributed by atoms with Crippen LogP contribution >= 0.6 is 11.8 Å². The highest BCUT2D eigenvalue weighted by molar-refractivity contribution is 8.00. The number of carbonyl (C=O) groups excluding carboxylic acids is 2. The summed E-state index contributed by atoms with van der Waals surface area (Å²) in [4.78, 5) is 23.4. The fourth-order valence-electron chi connectivity index (χ4n) is 3.74. The van der Waals surface area contributed by atoms with Crippen molar-refractivity contribution in [3.63, 3.8) is 0 Å². The van der Waals surface area contributed by atoms with Crippen molar-refractivity contribution in [3.05, 3.63) is 59.7 Å². The van der Waals surface area contributed by atoms with Crippen molar-refractivity contribution in [1.29, 1.82) is 0 Å². The zero-order chi connectivity index (χ0) is 21.7. The molecule has 0 bridgehead atoms. The molecule has 2 aromatic rings. The van der Waals surface area contributed by atoms with Crippen LogP contribution < -0.4 is 9.47 Å². The van der Waals surface area contributed by atoms with Gasteiger partial charge in [0.25, 0.3) is 0 Å². The first-order valence-corrected chi connectivity index (χ1v) is 10.7. The molecule has 1 fully saturated rings. The van der Waals surface area contributed by atoms with E-state index >= 15 is 0 Å². The topological polar surface area (TPSA) is 71.1 Å². The number of benzene rings is 2. The van der Waals surface area contributed by atoms with Gasteiger partial charge in [-0.25, -0.2) is 0 Å². The van der Waals surface area contributed by atoms with Gasteiger partial charge in [-0.3, -0.25) is 9.59 Å². The van der Waals surface area contributed by atoms with Gasteiger partial charge in [-0.15, -0.1) is 11.8 Å². The fourth-order valence-corrected chi connectivity index (χ4v) is 5.33. The highest BCUT2D eigenvalue weighted by Crippen LogP contribution is 2.44. The molecule has 7 heteroatoms. The first-order chi connectivity index (χ1) is 14.4. The summed E-state index contributed by atoms with van der Waals surface area (Å²) in [5, 5.41) is -0.125. The lowest BCUT2D eigenvalue weighted by Gasteiger charge is -2.30. The second-order valence-electron chi connectivity index (χ2n) is 7.04. The zero-order valence-electron chi connectivity index (χ0n) is 17.5. The SMILES string of the molecule is COc1ccc(C(c2ccc(OC)cc2)[C@H]2SC[C@@H](OC(C)=O)[C@@H]2OC(C)=O)cc1. The molecule has 3 rings (SSSR count). The van der Waals surface area contributed by atoms with Gasteiger partial charge in [-0.2, -0.15) is 0 Å². The Morgan fingerprint density at radius 3 is 1.70 bits per heavy atom. The van der Waals surface area contributed by atoms with Gasteiger partial charge in [0.1, 0.15) is 17.6 Å². The molecule has 0 amide bonds. The van der Waals surface area contributed by atoms with Gasteiger partial charge in [0.15, 0.2) is 6.10 Å². The van der Waals surface area contributed by atoms with Crippen molar-refractivity contribution in [2.45, 2.75) is 37.2 Å². The number of thioether (sulfide) groups is 1. The Kier molecular flexibility index (Phi) is 7.26. The maximum Gasteiger partial charge on any atom is 0.303 e. The summed E-state index contributed by atoms with van der Waals surface area (Å²) in [7, 11) is 3.26. The van der Waals surface area contributed by atoms with Crippen LogP contribution in [0.1, 0.15) is 30.9 Å².